The summed E-state index contributed by atoms with van der Waals surface area (Å²) in [5.74, 6) is -0.826. The molecule has 0 bridgehead atoms. The van der Waals surface area contributed by atoms with Crippen molar-refractivity contribution >= 4 is 28.8 Å². The third-order valence-corrected chi connectivity index (χ3v) is 5.69. The van der Waals surface area contributed by atoms with Crippen LogP contribution < -0.4 is 10.6 Å². The van der Waals surface area contributed by atoms with Crippen LogP contribution in [-0.2, 0) is 22.4 Å². The number of urea groups is 1. The second-order valence-corrected chi connectivity index (χ2v) is 9.49. The number of imide groups is 1. The molecule has 1 aromatic carbocycles. The molecule has 3 rings (SSSR count). The molecular weight excluding hydrogens is 394 g/mol. The highest BCUT2D eigenvalue weighted by molar-refractivity contribution is 6.06. The van der Waals surface area contributed by atoms with Crippen LogP contribution in [0.4, 0.5) is 4.79 Å². The number of rotatable bonds is 4. The number of carbonyl (C=O) groups is 3. The van der Waals surface area contributed by atoms with Crippen LogP contribution in [0.15, 0.2) is 24.3 Å². The van der Waals surface area contributed by atoms with E-state index >= 15 is 0 Å². The molecule has 0 fully saturated rings. The van der Waals surface area contributed by atoms with Crippen molar-refractivity contribution in [2.75, 3.05) is 6.61 Å². The molecule has 0 radical (unpaired) electrons. The highest BCUT2D eigenvalue weighted by atomic mass is 16.5. The Bertz CT molecular complexity index is 1010. The van der Waals surface area contributed by atoms with Crippen molar-refractivity contribution in [3.8, 4) is 0 Å². The smallest absolute Gasteiger partial charge is 0.339 e. The molecule has 1 aromatic heterocycles. The van der Waals surface area contributed by atoms with Crippen LogP contribution in [0.2, 0.25) is 0 Å². The average Bonchev–Trinajstić information content (AvgIpc) is 2.68. The minimum Gasteiger partial charge on any atom is -0.452 e. The molecule has 1 aliphatic rings. The van der Waals surface area contributed by atoms with E-state index in [0.717, 1.165) is 41.4 Å². The predicted octanol–water partition coefficient (Wildman–Crippen LogP) is 3.78. The third kappa shape index (κ3) is 5.40. The zero-order valence-corrected chi connectivity index (χ0v) is 18.9. The fraction of sp³-hybridized carbons (Fsp3) is 0.500. The highest BCUT2D eigenvalue weighted by Crippen LogP contribution is 2.39. The topological polar surface area (TPSA) is 97.4 Å². The van der Waals surface area contributed by atoms with Gasteiger partial charge in [-0.15, -0.1) is 0 Å². The molecule has 1 atom stereocenters. The van der Waals surface area contributed by atoms with E-state index in [-0.39, 0.29) is 11.5 Å². The van der Waals surface area contributed by atoms with Crippen LogP contribution in [0.25, 0.3) is 10.9 Å². The first-order valence-corrected chi connectivity index (χ1v) is 10.7. The van der Waals surface area contributed by atoms with E-state index in [1.54, 1.807) is 13.8 Å². The Morgan fingerprint density at radius 3 is 2.58 bits per heavy atom. The molecule has 0 unspecified atom stereocenters. The van der Waals surface area contributed by atoms with Gasteiger partial charge in [0.15, 0.2) is 6.61 Å². The van der Waals surface area contributed by atoms with Gasteiger partial charge < -0.3 is 10.1 Å². The van der Waals surface area contributed by atoms with Crippen molar-refractivity contribution in [1.82, 2.24) is 15.6 Å². The van der Waals surface area contributed by atoms with Gasteiger partial charge in [0, 0.05) is 17.1 Å². The number of hydrogen-bond acceptors (Lipinski definition) is 5. The standard InChI is InChI=1S/C24H31N3O4/c1-14(2)25-23(30)27-20(28)13-31-22(29)21-16-8-6-7-9-18(16)26-19-11-10-15(12-17(19)21)24(3,4)5/h6-9,14-15H,10-13H2,1-5H3,(H2,25,27,28,30)/t15-/m1/s1. The van der Waals surface area contributed by atoms with Crippen LogP contribution in [0, 0.1) is 11.3 Å². The molecule has 166 valence electrons. The number of benzene rings is 1. The van der Waals surface area contributed by atoms with E-state index in [2.05, 4.69) is 31.4 Å². The van der Waals surface area contributed by atoms with Crippen molar-refractivity contribution in [1.29, 1.82) is 0 Å². The number of nitrogens with one attached hydrogen (secondary N) is 2. The van der Waals surface area contributed by atoms with Gasteiger partial charge in [-0.05, 0) is 56.1 Å². The van der Waals surface area contributed by atoms with E-state index in [9.17, 15) is 14.4 Å². The van der Waals surface area contributed by atoms with Gasteiger partial charge in [-0.1, -0.05) is 39.0 Å². The molecule has 0 aliphatic heterocycles. The van der Waals surface area contributed by atoms with E-state index in [1.807, 2.05) is 24.3 Å². The molecule has 1 aliphatic carbocycles. The Morgan fingerprint density at radius 2 is 1.90 bits per heavy atom. The molecule has 0 spiro atoms. The molecule has 0 saturated carbocycles. The molecule has 7 heteroatoms. The van der Waals surface area contributed by atoms with Crippen molar-refractivity contribution < 1.29 is 19.1 Å². The lowest BCUT2D eigenvalue weighted by molar-refractivity contribution is -0.123. The summed E-state index contributed by atoms with van der Waals surface area (Å²) in [4.78, 5) is 41.7. The van der Waals surface area contributed by atoms with Gasteiger partial charge in [-0.3, -0.25) is 15.1 Å². The van der Waals surface area contributed by atoms with E-state index in [4.69, 9.17) is 9.72 Å². The van der Waals surface area contributed by atoms with Crippen molar-refractivity contribution in [3.05, 3.63) is 41.1 Å². The molecule has 1 heterocycles. The monoisotopic (exact) mass is 425 g/mol. The predicted molar refractivity (Wildman–Crippen MR) is 119 cm³/mol. The van der Waals surface area contributed by atoms with Gasteiger partial charge in [-0.2, -0.15) is 0 Å². The third-order valence-electron chi connectivity index (χ3n) is 5.69. The van der Waals surface area contributed by atoms with Gasteiger partial charge >= 0.3 is 12.0 Å². The van der Waals surface area contributed by atoms with E-state index < -0.39 is 24.5 Å². The second kappa shape index (κ2) is 9.04. The van der Waals surface area contributed by atoms with Gasteiger partial charge in [0.05, 0.1) is 11.1 Å². The Balaban J connectivity index is 1.86. The van der Waals surface area contributed by atoms with Crippen molar-refractivity contribution in [2.45, 2.75) is 59.9 Å². The zero-order valence-electron chi connectivity index (χ0n) is 18.9. The van der Waals surface area contributed by atoms with Crippen LogP contribution >= 0.6 is 0 Å². The second-order valence-electron chi connectivity index (χ2n) is 9.49. The number of nitrogens with zero attached hydrogens (tertiary/aromatic N) is 1. The van der Waals surface area contributed by atoms with Crippen LogP contribution in [0.5, 0.6) is 0 Å². The Kier molecular flexibility index (Phi) is 6.62. The molecule has 31 heavy (non-hydrogen) atoms. The van der Waals surface area contributed by atoms with Crippen molar-refractivity contribution in [3.63, 3.8) is 0 Å². The number of aryl methyl sites for hydroxylation is 1. The minimum atomic E-state index is -0.675. The fourth-order valence-corrected chi connectivity index (χ4v) is 4.02. The number of ether oxygens (including phenoxy) is 1. The molecule has 2 N–H and O–H groups in total. The van der Waals surface area contributed by atoms with Crippen LogP contribution in [-0.4, -0.2) is 35.5 Å². The lowest BCUT2D eigenvalue weighted by Crippen LogP contribution is -2.44. The maximum absolute atomic E-state index is 13.1. The number of aromatic nitrogens is 1. The number of para-hydroxylation sites is 1. The summed E-state index contributed by atoms with van der Waals surface area (Å²) in [6.45, 7) is 9.67. The van der Waals surface area contributed by atoms with Crippen LogP contribution in [0.3, 0.4) is 0 Å². The van der Waals surface area contributed by atoms with Gasteiger partial charge in [0.25, 0.3) is 5.91 Å². The molecule has 0 saturated heterocycles. The number of carbonyl (C=O) groups excluding carboxylic acids is 3. The van der Waals surface area contributed by atoms with E-state index in [1.165, 1.54) is 0 Å². The average molecular weight is 426 g/mol. The number of hydrogen-bond donors (Lipinski definition) is 2. The molecule has 3 amide bonds. The number of pyridine rings is 1. The SMILES string of the molecule is CC(C)NC(=O)NC(=O)COC(=O)c1c2c(nc3ccccc13)CC[C@@H](C(C)(C)C)C2. The van der Waals surface area contributed by atoms with Gasteiger partial charge in [-0.25, -0.2) is 9.59 Å². The first-order chi connectivity index (χ1) is 14.6. The first-order valence-electron chi connectivity index (χ1n) is 10.7. The normalized spacial score (nSPS) is 16.0. The summed E-state index contributed by atoms with van der Waals surface area (Å²) in [6, 6.07) is 6.76. The number of esters is 1. The van der Waals surface area contributed by atoms with E-state index in [0.29, 0.717) is 11.5 Å². The Hall–Kier alpha value is -2.96. The Labute approximate surface area is 182 Å². The summed E-state index contributed by atoms with van der Waals surface area (Å²) >= 11 is 0. The molecular formula is C24H31N3O4. The maximum atomic E-state index is 13.1. The summed E-state index contributed by atoms with van der Waals surface area (Å²) < 4.78 is 5.33. The van der Waals surface area contributed by atoms with Gasteiger partial charge in [0.1, 0.15) is 0 Å². The van der Waals surface area contributed by atoms with Crippen LogP contribution in [0.1, 0.15) is 62.7 Å². The van der Waals surface area contributed by atoms with Crippen molar-refractivity contribution in [2.24, 2.45) is 11.3 Å². The minimum absolute atomic E-state index is 0.105. The number of amides is 3. The maximum Gasteiger partial charge on any atom is 0.339 e. The number of fused-ring (bicyclic) bond motifs is 2. The first kappa shape index (κ1) is 22.7. The molecule has 2 aromatic rings. The summed E-state index contributed by atoms with van der Waals surface area (Å²) in [5.41, 5.74) is 3.16. The summed E-state index contributed by atoms with van der Waals surface area (Å²) in [6.07, 6.45) is 2.56. The summed E-state index contributed by atoms with van der Waals surface area (Å²) in [7, 11) is 0. The lowest BCUT2D eigenvalue weighted by Gasteiger charge is -2.35. The fourth-order valence-electron chi connectivity index (χ4n) is 4.02. The van der Waals surface area contributed by atoms with Gasteiger partial charge in [0.2, 0.25) is 0 Å². The Morgan fingerprint density at radius 1 is 1.19 bits per heavy atom. The lowest BCUT2D eigenvalue weighted by atomic mass is 9.70. The summed E-state index contributed by atoms with van der Waals surface area (Å²) in [5, 5.41) is 5.44. The largest absolute Gasteiger partial charge is 0.452 e. The zero-order chi connectivity index (χ0) is 22.8. The molecule has 7 nitrogen and oxygen atoms in total. The highest BCUT2D eigenvalue weighted by Gasteiger charge is 2.33. The quantitative estimate of drug-likeness (QED) is 0.727.